The summed E-state index contributed by atoms with van der Waals surface area (Å²) in [6, 6.07) is 2.62. The summed E-state index contributed by atoms with van der Waals surface area (Å²) >= 11 is 7.36. The first-order valence-electron chi connectivity index (χ1n) is 9.36. The van der Waals surface area contributed by atoms with Crippen LogP contribution in [0.3, 0.4) is 0 Å². The molecule has 2 fully saturated rings. The Morgan fingerprint density at radius 1 is 1.34 bits per heavy atom. The van der Waals surface area contributed by atoms with Crippen molar-refractivity contribution in [2.75, 3.05) is 44.2 Å². The van der Waals surface area contributed by atoms with Crippen LogP contribution < -0.4 is 10.2 Å². The van der Waals surface area contributed by atoms with Gasteiger partial charge in [-0.1, -0.05) is 23.4 Å². The molecule has 1 aromatic carbocycles. The molecule has 1 unspecified atom stereocenters. The highest BCUT2D eigenvalue weighted by molar-refractivity contribution is 8.05. The van der Waals surface area contributed by atoms with Gasteiger partial charge < -0.3 is 20.4 Å². The first-order chi connectivity index (χ1) is 13.7. The number of anilines is 1. The monoisotopic (exact) mass is 447 g/mol. The molecule has 29 heavy (non-hydrogen) atoms. The van der Waals surface area contributed by atoms with Crippen LogP contribution in [-0.2, 0) is 10.7 Å². The van der Waals surface area contributed by atoms with Gasteiger partial charge >= 0.3 is 0 Å². The fourth-order valence-electron chi connectivity index (χ4n) is 3.43. The van der Waals surface area contributed by atoms with Crippen molar-refractivity contribution in [3.05, 3.63) is 33.2 Å². The molecule has 2 heterocycles. The van der Waals surface area contributed by atoms with Crippen molar-refractivity contribution in [2.45, 2.75) is 24.8 Å². The third-order valence-corrected chi connectivity index (χ3v) is 6.11. The highest BCUT2D eigenvalue weighted by Crippen LogP contribution is 2.40. The third kappa shape index (κ3) is 5.40. The van der Waals surface area contributed by atoms with E-state index in [4.69, 9.17) is 16.7 Å². The predicted molar refractivity (Wildman–Crippen MR) is 111 cm³/mol. The van der Waals surface area contributed by atoms with Gasteiger partial charge in [-0.3, -0.25) is 9.69 Å². The zero-order valence-corrected chi connectivity index (χ0v) is 17.6. The number of halogens is 3. The van der Waals surface area contributed by atoms with E-state index < -0.39 is 17.4 Å². The van der Waals surface area contributed by atoms with Gasteiger partial charge in [0.05, 0.1) is 15.6 Å². The number of hydrogen-bond donors (Lipinski definition) is 3. The molecule has 2 aliphatic rings. The number of rotatable bonds is 6. The molecule has 0 saturated carbocycles. The van der Waals surface area contributed by atoms with E-state index in [0.717, 1.165) is 38.3 Å². The van der Waals surface area contributed by atoms with E-state index in [9.17, 15) is 18.7 Å². The van der Waals surface area contributed by atoms with Crippen LogP contribution >= 0.6 is 23.4 Å². The maximum atomic E-state index is 14.0. The lowest BCUT2D eigenvalue weighted by Gasteiger charge is -2.37. The van der Waals surface area contributed by atoms with Crippen molar-refractivity contribution in [1.82, 2.24) is 10.2 Å². The zero-order valence-electron chi connectivity index (χ0n) is 16.0. The first-order valence-corrected chi connectivity index (χ1v) is 10.6. The number of hydrogen-bond acceptors (Lipinski definition) is 6. The highest BCUT2D eigenvalue weighted by Gasteiger charge is 2.30. The van der Waals surface area contributed by atoms with Crippen LogP contribution in [0.1, 0.15) is 24.5 Å². The van der Waals surface area contributed by atoms with Crippen molar-refractivity contribution < 1.29 is 23.8 Å². The van der Waals surface area contributed by atoms with Crippen LogP contribution in [-0.4, -0.2) is 65.9 Å². The normalized spacial score (nSPS) is 22.4. The Morgan fingerprint density at radius 3 is 2.59 bits per heavy atom. The topological polar surface area (TPSA) is 76.0 Å². The Labute approximate surface area is 177 Å². The van der Waals surface area contributed by atoms with E-state index in [1.807, 2.05) is 4.90 Å². The van der Waals surface area contributed by atoms with E-state index in [-0.39, 0.29) is 22.1 Å². The number of benzene rings is 1. The molecular formula is C19H24ClF2N3O3S. The number of piperazine rings is 1. The van der Waals surface area contributed by atoms with Gasteiger partial charge in [-0.05, 0) is 24.6 Å². The van der Waals surface area contributed by atoms with E-state index in [0.29, 0.717) is 30.8 Å². The van der Waals surface area contributed by atoms with Crippen LogP contribution in [0.25, 0.3) is 6.08 Å². The summed E-state index contributed by atoms with van der Waals surface area (Å²) in [6.07, 6.45) is 2.21. The highest BCUT2D eigenvalue weighted by atomic mass is 35.5. The summed E-state index contributed by atoms with van der Waals surface area (Å²) in [5.41, 5.74) is -0.268. The van der Waals surface area contributed by atoms with Crippen LogP contribution in [0.15, 0.2) is 17.0 Å². The van der Waals surface area contributed by atoms with E-state index >= 15 is 0 Å². The molecule has 3 rings (SSSR count). The molecule has 0 bridgehead atoms. The number of thioether (sulfide) groups is 1. The Hall–Kier alpha value is -1.39. The molecular weight excluding hydrogens is 424 g/mol. The van der Waals surface area contributed by atoms with Gasteiger partial charge in [0.15, 0.2) is 5.56 Å². The molecule has 160 valence electrons. The van der Waals surface area contributed by atoms with Crippen molar-refractivity contribution in [2.24, 2.45) is 0 Å². The van der Waals surface area contributed by atoms with Crippen molar-refractivity contribution in [1.29, 1.82) is 0 Å². The second-order valence-corrected chi connectivity index (χ2v) is 8.67. The first kappa shape index (κ1) is 22.3. The lowest BCUT2D eigenvalue weighted by atomic mass is 10.0. The van der Waals surface area contributed by atoms with Crippen molar-refractivity contribution in [3.8, 4) is 0 Å². The number of alkyl halides is 2. The largest absolute Gasteiger partial charge is 0.396 e. The summed E-state index contributed by atoms with van der Waals surface area (Å²) in [7, 11) is 0. The number of aliphatic hydroxyl groups is 2. The molecule has 2 saturated heterocycles. The van der Waals surface area contributed by atoms with Gasteiger partial charge in [-0.15, -0.1) is 0 Å². The number of carbonyl (C=O) groups is 1. The van der Waals surface area contributed by atoms with E-state index in [1.54, 1.807) is 0 Å². The Balaban J connectivity index is 1.94. The van der Waals surface area contributed by atoms with Gasteiger partial charge in [0.2, 0.25) is 0 Å². The quantitative estimate of drug-likeness (QED) is 0.581. The van der Waals surface area contributed by atoms with E-state index in [1.165, 1.54) is 18.2 Å². The Morgan fingerprint density at radius 2 is 2.03 bits per heavy atom. The van der Waals surface area contributed by atoms with Gasteiger partial charge in [0.25, 0.3) is 11.8 Å². The molecule has 1 aromatic rings. The molecule has 10 heteroatoms. The Bertz CT molecular complexity index is 796. The average Bonchev–Trinajstić information content (AvgIpc) is 2.96. The minimum absolute atomic E-state index is 0.141. The number of aliphatic hydroxyl groups excluding tert-OH is 2. The smallest absolute Gasteiger partial charge is 0.270 e. The van der Waals surface area contributed by atoms with Gasteiger partial charge in [0, 0.05) is 57.4 Å². The zero-order chi connectivity index (χ0) is 21.2. The maximum Gasteiger partial charge on any atom is 0.270 e. The molecule has 6 nitrogen and oxygen atoms in total. The second-order valence-electron chi connectivity index (χ2n) is 7.14. The van der Waals surface area contributed by atoms with Crippen LogP contribution in [0.5, 0.6) is 0 Å². The van der Waals surface area contributed by atoms with Gasteiger partial charge in [-0.2, -0.15) is 0 Å². The minimum Gasteiger partial charge on any atom is -0.396 e. The molecule has 0 aliphatic carbocycles. The molecule has 0 spiro atoms. The summed E-state index contributed by atoms with van der Waals surface area (Å²) in [5.74, 6) is -3.53. The second kappa shape index (κ2) is 9.18. The lowest BCUT2D eigenvalue weighted by Crippen LogP contribution is -2.47. The molecule has 1 atom stereocenters. The standard InChI is InChI=1S/C19H24ClF2N3O3S/c1-19(21,22)13-9-12(10-15-17(27)23-18(28)29-15)16(14(20)11-13)25-6-4-24(5-7-25)3-2-8-26/h9-11,18,26,28H,2-8H2,1H3,(H,23,27). The molecule has 0 radical (unpaired) electrons. The molecule has 0 aromatic heterocycles. The average molecular weight is 448 g/mol. The summed E-state index contributed by atoms with van der Waals surface area (Å²) in [6.45, 7) is 4.54. The fourth-order valence-corrected chi connectivity index (χ4v) is 4.55. The van der Waals surface area contributed by atoms with Crippen LogP contribution in [0.2, 0.25) is 5.02 Å². The fraction of sp³-hybridized carbons (Fsp3) is 0.526. The summed E-state index contributed by atoms with van der Waals surface area (Å²) in [5, 5.41) is 21.2. The van der Waals surface area contributed by atoms with Crippen molar-refractivity contribution in [3.63, 3.8) is 0 Å². The number of nitrogens with zero attached hydrogens (tertiary/aromatic N) is 2. The van der Waals surface area contributed by atoms with Crippen molar-refractivity contribution >= 4 is 41.0 Å². The van der Waals surface area contributed by atoms with Gasteiger partial charge in [0.1, 0.15) is 0 Å². The summed E-state index contributed by atoms with van der Waals surface area (Å²) < 4.78 is 27.9. The molecule has 1 amide bonds. The van der Waals surface area contributed by atoms with Gasteiger partial charge in [-0.25, -0.2) is 8.78 Å². The minimum atomic E-state index is -3.08. The van der Waals surface area contributed by atoms with Crippen LogP contribution in [0, 0.1) is 0 Å². The van der Waals surface area contributed by atoms with Crippen LogP contribution in [0.4, 0.5) is 14.5 Å². The predicted octanol–water partition coefficient (Wildman–Crippen LogP) is 2.44. The number of nitrogens with one attached hydrogen (secondary N) is 1. The van der Waals surface area contributed by atoms with E-state index in [2.05, 4.69) is 10.2 Å². The Kier molecular flexibility index (Phi) is 7.06. The number of carbonyl (C=O) groups excluding carboxylic acids is 1. The molecule has 2 aliphatic heterocycles. The summed E-state index contributed by atoms with van der Waals surface area (Å²) in [4.78, 5) is 16.5. The maximum absolute atomic E-state index is 14.0. The molecule has 3 N–H and O–H groups in total. The lowest BCUT2D eigenvalue weighted by molar-refractivity contribution is -0.117. The SMILES string of the molecule is CC(F)(F)c1cc(Cl)c(N2CCN(CCCO)CC2)c(C=C2SC(O)NC2=O)c1. The number of amides is 1. The third-order valence-electron chi connectivity index (χ3n) is 4.92.